The number of hydrogen-bond donors (Lipinski definition) is 0. The monoisotopic (exact) mass is 288 g/mol. The van der Waals surface area contributed by atoms with Gasteiger partial charge in [0.15, 0.2) is 6.29 Å². The number of pyridine rings is 1. The summed E-state index contributed by atoms with van der Waals surface area (Å²) >= 11 is 0. The van der Waals surface area contributed by atoms with E-state index in [1.54, 1.807) is 18.3 Å². The van der Waals surface area contributed by atoms with E-state index in [1.165, 1.54) is 22.8 Å². The van der Waals surface area contributed by atoms with Crippen molar-refractivity contribution in [2.24, 2.45) is 0 Å². The Labute approximate surface area is 119 Å². The lowest BCUT2D eigenvalue weighted by molar-refractivity contribution is -0.384. The molecule has 0 bridgehead atoms. The van der Waals surface area contributed by atoms with Gasteiger partial charge in [-0.05, 0) is 12.1 Å². The lowest BCUT2D eigenvalue weighted by atomic mass is 10.2. The van der Waals surface area contributed by atoms with Crippen LogP contribution in [0, 0.1) is 10.1 Å². The molecule has 0 aliphatic heterocycles. The molecule has 21 heavy (non-hydrogen) atoms. The summed E-state index contributed by atoms with van der Waals surface area (Å²) in [6, 6.07) is 8.58. The largest absolute Gasteiger partial charge is 0.491 e. The molecule has 0 saturated heterocycles. The minimum atomic E-state index is -0.583. The number of hydrogen-bond acceptors (Lipinski definition) is 5. The Balaban J connectivity index is 2.06. The van der Waals surface area contributed by atoms with E-state index in [4.69, 9.17) is 4.74 Å². The molecule has 0 unspecified atom stereocenters. The summed E-state index contributed by atoms with van der Waals surface area (Å²) in [5.74, 6) is 0.250. The first-order valence-electron chi connectivity index (χ1n) is 6.13. The predicted octanol–water partition coefficient (Wildman–Crippen LogP) is 1.65. The zero-order valence-corrected chi connectivity index (χ0v) is 11.0. The lowest BCUT2D eigenvalue weighted by Gasteiger charge is -2.09. The maximum atomic E-state index is 11.5. The predicted molar refractivity (Wildman–Crippen MR) is 74.7 cm³/mol. The van der Waals surface area contributed by atoms with Crippen LogP contribution in [-0.4, -0.2) is 22.4 Å². The highest BCUT2D eigenvalue weighted by Crippen LogP contribution is 2.22. The summed E-state index contributed by atoms with van der Waals surface area (Å²) in [6.07, 6.45) is 2.12. The summed E-state index contributed by atoms with van der Waals surface area (Å²) < 4.78 is 6.87. The van der Waals surface area contributed by atoms with Crippen LogP contribution in [0.4, 0.5) is 5.69 Å². The molecule has 0 fully saturated rings. The van der Waals surface area contributed by atoms with Gasteiger partial charge in [-0.15, -0.1) is 0 Å². The van der Waals surface area contributed by atoms with Gasteiger partial charge in [-0.2, -0.15) is 0 Å². The Morgan fingerprint density at radius 1 is 1.29 bits per heavy atom. The van der Waals surface area contributed by atoms with Crippen molar-refractivity contribution in [3.8, 4) is 5.75 Å². The minimum Gasteiger partial charge on any atom is -0.491 e. The third-order valence-electron chi connectivity index (χ3n) is 2.82. The number of aldehydes is 1. The molecule has 2 aromatic rings. The van der Waals surface area contributed by atoms with Crippen molar-refractivity contribution in [1.29, 1.82) is 0 Å². The number of rotatable bonds is 6. The van der Waals surface area contributed by atoms with Crippen LogP contribution in [0.5, 0.6) is 5.75 Å². The summed E-state index contributed by atoms with van der Waals surface area (Å²) in [5, 5.41) is 10.6. The van der Waals surface area contributed by atoms with E-state index < -0.39 is 4.92 Å². The van der Waals surface area contributed by atoms with E-state index in [9.17, 15) is 19.7 Å². The van der Waals surface area contributed by atoms with Crippen LogP contribution in [0.1, 0.15) is 10.4 Å². The van der Waals surface area contributed by atoms with E-state index in [0.29, 0.717) is 12.8 Å². The number of nitro benzene ring substituents is 1. The number of ether oxygens (including phenoxy) is 1. The Hall–Kier alpha value is -2.96. The number of carbonyl (C=O) groups excluding carboxylic acids is 1. The van der Waals surface area contributed by atoms with E-state index in [2.05, 4.69) is 0 Å². The number of nitrogens with zero attached hydrogens (tertiary/aromatic N) is 2. The van der Waals surface area contributed by atoms with Gasteiger partial charge in [-0.25, -0.2) is 0 Å². The Bertz CT molecular complexity index is 723. The van der Waals surface area contributed by atoms with Crippen LogP contribution in [0.25, 0.3) is 0 Å². The second-order valence-electron chi connectivity index (χ2n) is 4.18. The van der Waals surface area contributed by atoms with Crippen molar-refractivity contribution in [3.05, 3.63) is 68.6 Å². The number of benzene rings is 1. The number of carbonyl (C=O) groups is 1. The molecule has 1 heterocycles. The fourth-order valence-electron chi connectivity index (χ4n) is 1.77. The first-order valence-corrected chi connectivity index (χ1v) is 6.13. The number of aromatic nitrogens is 1. The quantitative estimate of drug-likeness (QED) is 0.458. The van der Waals surface area contributed by atoms with Crippen LogP contribution in [-0.2, 0) is 6.54 Å². The van der Waals surface area contributed by atoms with Crippen LogP contribution in [0.3, 0.4) is 0 Å². The molecule has 2 rings (SSSR count). The molecular weight excluding hydrogens is 276 g/mol. The summed E-state index contributed by atoms with van der Waals surface area (Å²) in [5.41, 5.74) is -0.228. The average molecular weight is 288 g/mol. The van der Waals surface area contributed by atoms with Crippen LogP contribution in [0.15, 0.2) is 47.4 Å². The smallest absolute Gasteiger partial charge is 0.270 e. The topological polar surface area (TPSA) is 91.4 Å². The first kappa shape index (κ1) is 14.4. The molecule has 0 aliphatic rings. The summed E-state index contributed by atoms with van der Waals surface area (Å²) in [7, 11) is 0. The molecule has 1 aromatic heterocycles. The van der Waals surface area contributed by atoms with Crippen molar-refractivity contribution in [1.82, 2.24) is 4.57 Å². The van der Waals surface area contributed by atoms with Gasteiger partial charge in [0, 0.05) is 24.4 Å². The van der Waals surface area contributed by atoms with Gasteiger partial charge < -0.3 is 9.30 Å². The molecule has 0 saturated carbocycles. The zero-order chi connectivity index (χ0) is 15.2. The lowest BCUT2D eigenvalue weighted by Crippen LogP contribution is -2.21. The second-order valence-corrected chi connectivity index (χ2v) is 4.18. The molecule has 0 N–H and O–H groups in total. The third kappa shape index (κ3) is 3.53. The standard InChI is InChI=1S/C14H12N2O5/c17-10-11-9-12(16(19)20)4-5-13(11)21-8-7-15-6-2-1-3-14(15)18/h1-6,9-10H,7-8H2. The van der Waals surface area contributed by atoms with Gasteiger partial charge >= 0.3 is 0 Å². The van der Waals surface area contributed by atoms with Crippen molar-refractivity contribution >= 4 is 12.0 Å². The molecule has 0 amide bonds. The Kier molecular flexibility index (Phi) is 4.45. The minimum absolute atomic E-state index is 0.101. The molecule has 7 heteroatoms. The van der Waals surface area contributed by atoms with Gasteiger partial charge in [0.2, 0.25) is 0 Å². The molecule has 0 spiro atoms. The summed E-state index contributed by atoms with van der Waals surface area (Å²) in [6.45, 7) is 0.484. The fourth-order valence-corrected chi connectivity index (χ4v) is 1.77. The van der Waals surface area contributed by atoms with Crippen molar-refractivity contribution in [3.63, 3.8) is 0 Å². The number of nitro groups is 1. The van der Waals surface area contributed by atoms with Gasteiger partial charge in [-0.3, -0.25) is 19.7 Å². The van der Waals surface area contributed by atoms with Gasteiger partial charge in [0.25, 0.3) is 11.2 Å². The normalized spacial score (nSPS) is 10.1. The van der Waals surface area contributed by atoms with E-state index in [0.717, 1.165) is 6.07 Å². The van der Waals surface area contributed by atoms with Gasteiger partial charge in [0.1, 0.15) is 12.4 Å². The van der Waals surface area contributed by atoms with Crippen molar-refractivity contribution < 1.29 is 14.5 Å². The highest BCUT2D eigenvalue weighted by atomic mass is 16.6. The molecule has 0 aliphatic carbocycles. The van der Waals surface area contributed by atoms with E-state index in [-0.39, 0.29) is 29.2 Å². The molecule has 1 aromatic carbocycles. The highest BCUT2D eigenvalue weighted by molar-refractivity contribution is 5.80. The van der Waals surface area contributed by atoms with E-state index >= 15 is 0 Å². The van der Waals surface area contributed by atoms with E-state index in [1.807, 2.05) is 0 Å². The molecule has 7 nitrogen and oxygen atoms in total. The maximum Gasteiger partial charge on any atom is 0.270 e. The fraction of sp³-hybridized carbons (Fsp3) is 0.143. The second kappa shape index (κ2) is 6.47. The van der Waals surface area contributed by atoms with Gasteiger partial charge in [-0.1, -0.05) is 6.07 Å². The third-order valence-corrected chi connectivity index (χ3v) is 2.82. The van der Waals surface area contributed by atoms with Crippen LogP contribution in [0.2, 0.25) is 0 Å². The first-order chi connectivity index (χ1) is 10.1. The maximum absolute atomic E-state index is 11.5. The summed E-state index contributed by atoms with van der Waals surface area (Å²) in [4.78, 5) is 32.5. The Morgan fingerprint density at radius 3 is 2.76 bits per heavy atom. The SMILES string of the molecule is O=Cc1cc([N+](=O)[O-])ccc1OCCn1ccccc1=O. The van der Waals surface area contributed by atoms with Crippen LogP contribution >= 0.6 is 0 Å². The molecule has 108 valence electrons. The van der Waals surface area contributed by atoms with Crippen molar-refractivity contribution in [2.75, 3.05) is 6.61 Å². The highest BCUT2D eigenvalue weighted by Gasteiger charge is 2.11. The molecule has 0 radical (unpaired) electrons. The number of non-ortho nitro benzene ring substituents is 1. The molecule has 0 atom stereocenters. The molecular formula is C14H12N2O5. The van der Waals surface area contributed by atoms with Crippen molar-refractivity contribution in [2.45, 2.75) is 6.54 Å². The van der Waals surface area contributed by atoms with Gasteiger partial charge in [0.05, 0.1) is 17.0 Å². The average Bonchev–Trinajstić information content (AvgIpc) is 2.49. The Morgan fingerprint density at radius 2 is 2.10 bits per heavy atom. The van der Waals surface area contributed by atoms with Crippen LogP contribution < -0.4 is 10.3 Å². The zero-order valence-electron chi connectivity index (χ0n) is 11.0.